The first-order valence-electron chi connectivity index (χ1n) is 8.23. The summed E-state index contributed by atoms with van der Waals surface area (Å²) < 4.78 is 28.9. The Balaban J connectivity index is 1.65. The van der Waals surface area contributed by atoms with Crippen molar-refractivity contribution in [1.82, 2.24) is 0 Å². The summed E-state index contributed by atoms with van der Waals surface area (Å²) in [6.07, 6.45) is 1.23. The van der Waals surface area contributed by atoms with Crippen molar-refractivity contribution >= 4 is 17.6 Å². The third-order valence-corrected chi connectivity index (χ3v) is 3.63. The fourth-order valence-corrected chi connectivity index (χ4v) is 2.40. The minimum atomic E-state index is -1.28. The molecule has 1 saturated heterocycles. The number of cyclic esters (lactones) is 2. The van der Waals surface area contributed by atoms with Crippen molar-refractivity contribution in [3.8, 4) is 5.75 Å². The van der Waals surface area contributed by atoms with E-state index in [0.29, 0.717) is 17.0 Å². The number of hydrogen-bond acceptors (Lipinski definition) is 6. The van der Waals surface area contributed by atoms with Crippen LogP contribution >= 0.6 is 0 Å². The van der Waals surface area contributed by atoms with E-state index in [1.807, 2.05) is 0 Å². The molecule has 1 heterocycles. The van der Waals surface area contributed by atoms with Gasteiger partial charge in [-0.05, 0) is 29.8 Å². The van der Waals surface area contributed by atoms with E-state index in [9.17, 15) is 14.0 Å². The Kier molecular flexibility index (Phi) is 5.12. The van der Waals surface area contributed by atoms with Crippen molar-refractivity contribution in [2.24, 2.45) is 0 Å². The van der Waals surface area contributed by atoms with Crippen molar-refractivity contribution in [1.29, 1.82) is 0 Å². The highest BCUT2D eigenvalue weighted by Gasteiger charge is 2.38. The first kappa shape index (κ1) is 18.4. The van der Waals surface area contributed by atoms with Gasteiger partial charge in [0.05, 0.1) is 0 Å². The summed E-state index contributed by atoms with van der Waals surface area (Å²) in [5.74, 6) is -2.59. The topological polar surface area (TPSA) is 73.9 Å². The van der Waals surface area contributed by atoms with Gasteiger partial charge in [0.25, 0.3) is 5.79 Å². The number of nitrogens with one attached hydrogen (secondary N) is 1. The van der Waals surface area contributed by atoms with Gasteiger partial charge >= 0.3 is 11.9 Å². The highest BCUT2D eigenvalue weighted by Crippen LogP contribution is 2.23. The predicted molar refractivity (Wildman–Crippen MR) is 95.1 cm³/mol. The Labute approximate surface area is 155 Å². The van der Waals surface area contributed by atoms with Gasteiger partial charge < -0.3 is 19.5 Å². The Bertz CT molecular complexity index is 885. The number of esters is 2. The van der Waals surface area contributed by atoms with E-state index in [0.717, 1.165) is 0 Å². The van der Waals surface area contributed by atoms with Crippen molar-refractivity contribution in [3.63, 3.8) is 0 Å². The highest BCUT2D eigenvalue weighted by atomic mass is 19.1. The van der Waals surface area contributed by atoms with Gasteiger partial charge in [-0.15, -0.1) is 0 Å². The smallest absolute Gasteiger partial charge is 0.350 e. The van der Waals surface area contributed by atoms with E-state index in [4.69, 9.17) is 14.2 Å². The van der Waals surface area contributed by atoms with Gasteiger partial charge in [-0.25, -0.2) is 14.0 Å². The summed E-state index contributed by atoms with van der Waals surface area (Å²) in [4.78, 5) is 23.8. The molecule has 1 aliphatic heterocycles. The van der Waals surface area contributed by atoms with Gasteiger partial charge in [0.15, 0.2) is 5.57 Å². The SMILES string of the molecule is CC1(C)OC(=O)C(=CNc2cccc(OCc3cccc(F)c3)c2)C(=O)O1. The third-order valence-electron chi connectivity index (χ3n) is 3.63. The summed E-state index contributed by atoms with van der Waals surface area (Å²) in [6, 6.07) is 13.0. The summed E-state index contributed by atoms with van der Waals surface area (Å²) >= 11 is 0. The van der Waals surface area contributed by atoms with E-state index in [1.165, 1.54) is 32.2 Å². The molecule has 0 atom stereocenters. The minimum absolute atomic E-state index is 0.204. The molecule has 1 fully saturated rings. The van der Waals surface area contributed by atoms with E-state index < -0.39 is 17.7 Å². The number of carbonyl (C=O) groups is 2. The maximum absolute atomic E-state index is 13.2. The molecule has 1 N–H and O–H groups in total. The Morgan fingerprint density at radius 1 is 1.07 bits per heavy atom. The molecule has 0 amide bonds. The molecular formula is C20H18FNO5. The van der Waals surface area contributed by atoms with Crippen LogP contribution in [0.2, 0.25) is 0 Å². The molecule has 0 saturated carbocycles. The van der Waals surface area contributed by atoms with Crippen LogP contribution in [-0.4, -0.2) is 17.7 Å². The van der Waals surface area contributed by atoms with Crippen LogP contribution in [0.4, 0.5) is 10.1 Å². The quantitative estimate of drug-likeness (QED) is 0.492. The fourth-order valence-electron chi connectivity index (χ4n) is 2.40. The largest absolute Gasteiger partial charge is 0.489 e. The second-order valence-corrected chi connectivity index (χ2v) is 6.33. The Morgan fingerprint density at radius 2 is 1.78 bits per heavy atom. The van der Waals surface area contributed by atoms with Crippen molar-refractivity contribution < 1.29 is 28.2 Å². The van der Waals surface area contributed by atoms with Crippen molar-refractivity contribution in [2.75, 3.05) is 5.32 Å². The van der Waals surface area contributed by atoms with Gasteiger partial charge in [0, 0.05) is 31.8 Å². The summed E-state index contributed by atoms with van der Waals surface area (Å²) in [6.45, 7) is 3.16. The van der Waals surface area contributed by atoms with Crippen LogP contribution in [0.1, 0.15) is 19.4 Å². The molecule has 0 unspecified atom stereocenters. The number of halogens is 1. The molecule has 0 spiro atoms. The standard InChI is InChI=1S/C20H18FNO5/c1-20(2)26-18(23)17(19(24)27-20)11-22-15-7-4-8-16(10-15)25-12-13-5-3-6-14(21)9-13/h3-11,22H,12H2,1-2H3. The molecule has 1 aliphatic rings. The molecule has 27 heavy (non-hydrogen) atoms. The van der Waals surface area contributed by atoms with E-state index in [2.05, 4.69) is 5.32 Å². The van der Waals surface area contributed by atoms with Gasteiger partial charge in [-0.3, -0.25) is 0 Å². The third kappa shape index (κ3) is 4.84. The van der Waals surface area contributed by atoms with E-state index in [1.54, 1.807) is 36.4 Å². The second-order valence-electron chi connectivity index (χ2n) is 6.33. The minimum Gasteiger partial charge on any atom is -0.489 e. The first-order valence-corrected chi connectivity index (χ1v) is 8.23. The molecule has 0 bridgehead atoms. The zero-order valence-electron chi connectivity index (χ0n) is 14.8. The van der Waals surface area contributed by atoms with Crippen LogP contribution in [-0.2, 0) is 25.7 Å². The molecule has 6 nitrogen and oxygen atoms in total. The van der Waals surface area contributed by atoms with Gasteiger partial charge in [-0.2, -0.15) is 0 Å². The fraction of sp³-hybridized carbons (Fsp3) is 0.200. The highest BCUT2D eigenvalue weighted by molar-refractivity contribution is 6.15. The van der Waals surface area contributed by atoms with Gasteiger partial charge in [0.2, 0.25) is 0 Å². The van der Waals surface area contributed by atoms with Crippen molar-refractivity contribution in [2.45, 2.75) is 26.2 Å². The van der Waals surface area contributed by atoms with Crippen LogP contribution < -0.4 is 10.1 Å². The van der Waals surface area contributed by atoms with Gasteiger partial charge in [0.1, 0.15) is 18.2 Å². The lowest BCUT2D eigenvalue weighted by Crippen LogP contribution is -2.42. The number of carbonyl (C=O) groups excluding carboxylic acids is 2. The van der Waals surface area contributed by atoms with E-state index in [-0.39, 0.29) is 18.0 Å². The van der Waals surface area contributed by atoms with E-state index >= 15 is 0 Å². The normalized spacial score (nSPS) is 15.6. The molecule has 2 aromatic rings. The lowest BCUT2D eigenvalue weighted by atomic mass is 10.2. The molecular weight excluding hydrogens is 353 g/mol. The second kappa shape index (κ2) is 7.49. The molecule has 140 valence electrons. The maximum atomic E-state index is 13.2. The number of anilines is 1. The monoisotopic (exact) mass is 371 g/mol. The average molecular weight is 371 g/mol. The number of ether oxygens (including phenoxy) is 3. The zero-order valence-corrected chi connectivity index (χ0v) is 14.8. The summed E-state index contributed by atoms with van der Waals surface area (Å²) in [7, 11) is 0. The number of hydrogen-bond donors (Lipinski definition) is 1. The Hall–Kier alpha value is -3.35. The molecule has 2 aromatic carbocycles. The van der Waals surface area contributed by atoms with Crippen LogP contribution in [0.5, 0.6) is 5.75 Å². The van der Waals surface area contributed by atoms with Crippen molar-refractivity contribution in [3.05, 3.63) is 71.7 Å². The molecule has 0 radical (unpaired) electrons. The van der Waals surface area contributed by atoms with Crippen LogP contribution in [0.3, 0.4) is 0 Å². The predicted octanol–water partition coefficient (Wildman–Crippen LogP) is 3.54. The zero-order chi connectivity index (χ0) is 19.4. The molecule has 0 aliphatic carbocycles. The molecule has 3 rings (SSSR count). The first-order chi connectivity index (χ1) is 12.8. The summed E-state index contributed by atoms with van der Waals surface area (Å²) in [5, 5.41) is 2.85. The van der Waals surface area contributed by atoms with Crippen LogP contribution in [0.15, 0.2) is 60.3 Å². The molecule has 7 heteroatoms. The number of benzene rings is 2. The summed E-state index contributed by atoms with van der Waals surface area (Å²) in [5.41, 5.74) is 1.05. The van der Waals surface area contributed by atoms with Gasteiger partial charge in [-0.1, -0.05) is 18.2 Å². The average Bonchev–Trinajstić information content (AvgIpc) is 2.59. The lowest BCUT2D eigenvalue weighted by Gasteiger charge is -2.29. The Morgan fingerprint density at radius 3 is 2.48 bits per heavy atom. The molecule has 0 aromatic heterocycles. The lowest BCUT2D eigenvalue weighted by molar-refractivity contribution is -0.222. The number of rotatable bonds is 5. The van der Waals surface area contributed by atoms with Crippen LogP contribution in [0, 0.1) is 5.82 Å². The van der Waals surface area contributed by atoms with Crippen LogP contribution in [0.25, 0.3) is 0 Å². The maximum Gasteiger partial charge on any atom is 0.350 e.